The molecule has 0 saturated carbocycles. The van der Waals surface area contributed by atoms with Gasteiger partial charge in [-0.1, -0.05) is 17.7 Å². The minimum Gasteiger partial charge on any atom is -0.492 e. The minimum atomic E-state index is -1.04. The van der Waals surface area contributed by atoms with Gasteiger partial charge in [0.15, 0.2) is 11.6 Å². The molecule has 0 N–H and O–H groups in total. The molecule has 0 atom stereocenters. The summed E-state index contributed by atoms with van der Waals surface area (Å²) in [6.45, 7) is 1.78. The lowest BCUT2D eigenvalue weighted by atomic mass is 10.0. The average molecular weight is 512 g/mol. The zero-order valence-corrected chi connectivity index (χ0v) is 19.9. The number of fused-ring (bicyclic) bond motifs is 1. The van der Waals surface area contributed by atoms with E-state index in [1.807, 2.05) is 6.07 Å². The van der Waals surface area contributed by atoms with E-state index in [-0.39, 0.29) is 28.7 Å². The van der Waals surface area contributed by atoms with E-state index in [4.69, 9.17) is 26.3 Å². The van der Waals surface area contributed by atoms with Gasteiger partial charge in [0, 0.05) is 35.9 Å². The molecule has 0 bridgehead atoms. The van der Waals surface area contributed by atoms with Crippen LogP contribution in [0.5, 0.6) is 5.75 Å². The van der Waals surface area contributed by atoms with Gasteiger partial charge in [0.1, 0.15) is 17.4 Å². The summed E-state index contributed by atoms with van der Waals surface area (Å²) in [5.74, 6) is -1.53. The highest BCUT2D eigenvalue weighted by molar-refractivity contribution is 6.30. The molecule has 1 aromatic heterocycles. The van der Waals surface area contributed by atoms with Crippen LogP contribution in [0, 0.1) is 34.7 Å². The molecule has 0 amide bonds. The fraction of sp³-hybridized carbons (Fsp3) is 0.259. The molecule has 0 aliphatic carbocycles. The molecule has 3 aromatic carbocycles. The van der Waals surface area contributed by atoms with Crippen LogP contribution in [0.4, 0.5) is 13.2 Å². The number of nitrogens with zero attached hydrogens (tertiary/aromatic N) is 3. The van der Waals surface area contributed by atoms with E-state index in [9.17, 15) is 13.2 Å². The molecule has 1 fully saturated rings. The molecule has 4 aromatic rings. The monoisotopic (exact) mass is 511 g/mol. The lowest BCUT2D eigenvalue weighted by Gasteiger charge is -2.23. The first-order valence-electron chi connectivity index (χ1n) is 11.5. The summed E-state index contributed by atoms with van der Waals surface area (Å²) in [4.78, 5) is 4.57. The van der Waals surface area contributed by atoms with E-state index in [2.05, 4.69) is 4.98 Å². The molecule has 9 heteroatoms. The highest BCUT2D eigenvalue weighted by atomic mass is 35.5. The van der Waals surface area contributed by atoms with Crippen molar-refractivity contribution < 1.29 is 22.6 Å². The molecule has 0 radical (unpaired) electrons. The van der Waals surface area contributed by atoms with Crippen LogP contribution in [-0.4, -0.2) is 29.4 Å². The lowest BCUT2D eigenvalue weighted by molar-refractivity contribution is 0.0498. The van der Waals surface area contributed by atoms with Crippen molar-refractivity contribution in [3.63, 3.8) is 0 Å². The first kappa shape index (κ1) is 24.2. The van der Waals surface area contributed by atoms with Gasteiger partial charge in [-0.25, -0.2) is 18.2 Å². The number of imidazole rings is 1. The van der Waals surface area contributed by atoms with Gasteiger partial charge in [-0.3, -0.25) is 0 Å². The van der Waals surface area contributed by atoms with Crippen LogP contribution in [-0.2, 0) is 11.3 Å². The molecular formula is C27H21ClF3N3O2. The SMILES string of the molecule is N#Cc1ccc(Cn2c(-c3ccc(Cl)cc3OCC3CCOCC3)nc3cc(F)c(F)cc32)c(F)c1. The Hall–Kier alpha value is -3.54. The van der Waals surface area contributed by atoms with Gasteiger partial charge >= 0.3 is 0 Å². The molecule has 2 heterocycles. The zero-order valence-electron chi connectivity index (χ0n) is 19.1. The summed E-state index contributed by atoms with van der Waals surface area (Å²) < 4.78 is 56.3. The number of nitriles is 1. The van der Waals surface area contributed by atoms with E-state index >= 15 is 0 Å². The molecule has 184 valence electrons. The van der Waals surface area contributed by atoms with Crippen molar-refractivity contribution in [2.24, 2.45) is 5.92 Å². The Morgan fingerprint density at radius 1 is 1.03 bits per heavy atom. The van der Waals surface area contributed by atoms with Gasteiger partial charge in [0.25, 0.3) is 0 Å². The second kappa shape index (κ2) is 10.2. The normalized spacial score (nSPS) is 14.2. The maximum atomic E-state index is 14.8. The molecule has 5 nitrogen and oxygen atoms in total. The molecule has 5 rings (SSSR count). The van der Waals surface area contributed by atoms with Crippen molar-refractivity contribution in [1.82, 2.24) is 9.55 Å². The number of benzene rings is 3. The van der Waals surface area contributed by atoms with Gasteiger partial charge < -0.3 is 14.0 Å². The van der Waals surface area contributed by atoms with Gasteiger partial charge in [-0.15, -0.1) is 0 Å². The van der Waals surface area contributed by atoms with Crippen molar-refractivity contribution >= 4 is 22.6 Å². The van der Waals surface area contributed by atoms with Crippen molar-refractivity contribution in [3.05, 3.63) is 82.1 Å². The lowest BCUT2D eigenvalue weighted by Crippen LogP contribution is -2.21. The number of halogens is 4. The van der Waals surface area contributed by atoms with E-state index in [1.165, 1.54) is 12.1 Å². The van der Waals surface area contributed by atoms with E-state index in [0.29, 0.717) is 47.9 Å². The standard InChI is InChI=1S/C27H21ClF3N3O2/c28-19-3-4-20(26(10-19)36-15-16-5-7-35-8-6-16)27-33-24-11-22(30)23(31)12-25(24)34(27)14-18-2-1-17(13-32)9-21(18)29/h1-4,9-12,16H,5-8,14-15H2. The highest BCUT2D eigenvalue weighted by Crippen LogP contribution is 2.36. The Bertz CT molecular complexity index is 1480. The molecule has 0 unspecified atom stereocenters. The Balaban J connectivity index is 1.61. The highest BCUT2D eigenvalue weighted by Gasteiger charge is 2.22. The molecule has 1 aliphatic heterocycles. The van der Waals surface area contributed by atoms with Crippen molar-refractivity contribution in [2.75, 3.05) is 19.8 Å². The van der Waals surface area contributed by atoms with Crippen LogP contribution in [0.25, 0.3) is 22.4 Å². The second-order valence-electron chi connectivity index (χ2n) is 8.70. The van der Waals surface area contributed by atoms with E-state index < -0.39 is 17.5 Å². The first-order chi connectivity index (χ1) is 17.4. The predicted molar refractivity (Wildman–Crippen MR) is 129 cm³/mol. The summed E-state index contributed by atoms with van der Waals surface area (Å²) in [5.41, 5.74) is 1.50. The van der Waals surface area contributed by atoms with Gasteiger partial charge in [0.2, 0.25) is 0 Å². The smallest absolute Gasteiger partial charge is 0.161 e. The molecular weight excluding hydrogens is 491 g/mol. The Kier molecular flexibility index (Phi) is 6.86. The first-order valence-corrected chi connectivity index (χ1v) is 11.8. The maximum Gasteiger partial charge on any atom is 0.161 e. The summed E-state index contributed by atoms with van der Waals surface area (Å²) in [6, 6.07) is 13.2. The summed E-state index contributed by atoms with van der Waals surface area (Å²) >= 11 is 6.26. The van der Waals surface area contributed by atoms with Crippen LogP contribution in [0.15, 0.2) is 48.5 Å². The van der Waals surface area contributed by atoms with Gasteiger partial charge in [-0.05, 0) is 49.1 Å². The molecule has 1 saturated heterocycles. The molecule has 0 spiro atoms. The number of ether oxygens (including phenoxy) is 2. The largest absolute Gasteiger partial charge is 0.492 e. The Morgan fingerprint density at radius 3 is 2.56 bits per heavy atom. The third-order valence-corrected chi connectivity index (χ3v) is 6.54. The summed E-state index contributed by atoms with van der Waals surface area (Å²) in [7, 11) is 0. The Labute approximate surface area is 210 Å². The van der Waals surface area contributed by atoms with Crippen molar-refractivity contribution in [2.45, 2.75) is 19.4 Å². The second-order valence-corrected chi connectivity index (χ2v) is 9.14. The number of aromatic nitrogens is 2. The quantitative estimate of drug-likeness (QED) is 0.296. The average Bonchev–Trinajstić information content (AvgIpc) is 3.21. The summed E-state index contributed by atoms with van der Waals surface area (Å²) in [6.07, 6.45) is 1.76. The fourth-order valence-electron chi connectivity index (χ4n) is 4.32. The van der Waals surface area contributed by atoms with Gasteiger partial charge in [-0.2, -0.15) is 5.26 Å². The zero-order chi connectivity index (χ0) is 25.2. The predicted octanol–water partition coefficient (Wildman–Crippen LogP) is 6.50. The topological polar surface area (TPSA) is 60.1 Å². The number of hydrogen-bond acceptors (Lipinski definition) is 4. The van der Waals surface area contributed by atoms with Crippen molar-refractivity contribution in [3.8, 4) is 23.2 Å². The van der Waals surface area contributed by atoms with Crippen molar-refractivity contribution in [1.29, 1.82) is 5.26 Å². The van der Waals surface area contributed by atoms with Gasteiger partial charge in [0.05, 0.1) is 41.4 Å². The summed E-state index contributed by atoms with van der Waals surface area (Å²) in [5, 5.41) is 9.51. The molecule has 1 aliphatic rings. The van der Waals surface area contributed by atoms with Crippen LogP contribution < -0.4 is 4.74 Å². The number of rotatable bonds is 6. The fourth-order valence-corrected chi connectivity index (χ4v) is 4.48. The minimum absolute atomic E-state index is 0.0313. The molecule has 36 heavy (non-hydrogen) atoms. The van der Waals surface area contributed by atoms with E-state index in [1.54, 1.807) is 22.8 Å². The third kappa shape index (κ3) is 4.90. The maximum absolute atomic E-state index is 14.8. The van der Waals surface area contributed by atoms with Crippen LogP contribution in [0.3, 0.4) is 0 Å². The van der Waals surface area contributed by atoms with Crippen LogP contribution in [0.2, 0.25) is 5.02 Å². The Morgan fingerprint density at radius 2 is 1.81 bits per heavy atom. The number of hydrogen-bond donors (Lipinski definition) is 0. The van der Waals surface area contributed by atoms with Crippen LogP contribution >= 0.6 is 11.6 Å². The third-order valence-electron chi connectivity index (χ3n) is 6.30. The van der Waals surface area contributed by atoms with Crippen LogP contribution in [0.1, 0.15) is 24.0 Å². The van der Waals surface area contributed by atoms with E-state index in [0.717, 1.165) is 31.0 Å².